The number of carbonyl (C=O) groups excluding carboxylic acids is 1. The zero-order valence-electron chi connectivity index (χ0n) is 11.4. The molecule has 5 heteroatoms. The predicted octanol–water partition coefficient (Wildman–Crippen LogP) is 4.35. The fourth-order valence-corrected chi connectivity index (χ4v) is 3.82. The van der Waals surface area contributed by atoms with Gasteiger partial charge in [-0.25, -0.2) is 0 Å². The second-order valence-electron chi connectivity index (χ2n) is 4.82. The Morgan fingerprint density at radius 3 is 2.95 bits per heavy atom. The van der Waals surface area contributed by atoms with Crippen molar-refractivity contribution in [2.24, 2.45) is 0 Å². The van der Waals surface area contributed by atoms with E-state index in [0.29, 0.717) is 6.54 Å². The van der Waals surface area contributed by atoms with Crippen LogP contribution < -0.4 is 5.32 Å². The molecule has 0 fully saturated rings. The van der Waals surface area contributed by atoms with Crippen molar-refractivity contribution >= 4 is 44.1 Å². The van der Waals surface area contributed by atoms with E-state index in [2.05, 4.69) is 50.6 Å². The number of thiophene rings is 1. The molecule has 1 aromatic carbocycles. The van der Waals surface area contributed by atoms with Gasteiger partial charge < -0.3 is 10.3 Å². The SMILES string of the molecule is O=C(NCCCc1c[nH]c2ccccc12)c1sccc1Br. The number of benzene rings is 1. The third-order valence-electron chi connectivity index (χ3n) is 3.41. The summed E-state index contributed by atoms with van der Waals surface area (Å²) in [6.07, 6.45) is 3.94. The third kappa shape index (κ3) is 3.19. The lowest BCUT2D eigenvalue weighted by Crippen LogP contribution is -2.24. The van der Waals surface area contributed by atoms with Gasteiger partial charge in [0.15, 0.2) is 0 Å². The third-order valence-corrected chi connectivity index (χ3v) is 5.24. The Bertz CT molecular complexity index is 762. The molecule has 2 N–H and O–H groups in total. The minimum absolute atomic E-state index is 0.00389. The molecule has 108 valence electrons. The minimum Gasteiger partial charge on any atom is -0.361 e. The van der Waals surface area contributed by atoms with Crippen molar-refractivity contribution < 1.29 is 4.79 Å². The molecule has 2 heterocycles. The second-order valence-corrected chi connectivity index (χ2v) is 6.59. The molecule has 0 aliphatic carbocycles. The zero-order chi connectivity index (χ0) is 14.7. The van der Waals surface area contributed by atoms with Crippen molar-refractivity contribution in [1.29, 1.82) is 0 Å². The Labute approximate surface area is 135 Å². The molecule has 0 bridgehead atoms. The van der Waals surface area contributed by atoms with Crippen molar-refractivity contribution in [3.8, 4) is 0 Å². The number of nitrogens with one attached hydrogen (secondary N) is 2. The molecular formula is C16H15BrN2OS. The number of para-hydroxylation sites is 1. The number of carbonyl (C=O) groups is 1. The standard InChI is InChI=1S/C16H15BrN2OS/c17-13-7-9-21-15(13)16(20)18-8-3-4-11-10-19-14-6-2-1-5-12(11)14/h1-2,5-7,9-10,19H,3-4,8H2,(H,18,20). The van der Waals surface area contributed by atoms with Crippen molar-refractivity contribution in [2.75, 3.05) is 6.54 Å². The average Bonchev–Trinajstić information content (AvgIpc) is 3.10. The first-order valence-electron chi connectivity index (χ1n) is 6.82. The number of hydrogen-bond acceptors (Lipinski definition) is 2. The summed E-state index contributed by atoms with van der Waals surface area (Å²) in [5, 5.41) is 6.14. The Morgan fingerprint density at radius 1 is 1.29 bits per heavy atom. The molecular weight excluding hydrogens is 348 g/mol. The fraction of sp³-hybridized carbons (Fsp3) is 0.188. The molecule has 1 amide bonds. The lowest BCUT2D eigenvalue weighted by atomic mass is 10.1. The van der Waals surface area contributed by atoms with E-state index in [9.17, 15) is 4.79 Å². The first kappa shape index (κ1) is 14.4. The summed E-state index contributed by atoms with van der Waals surface area (Å²) < 4.78 is 0.863. The van der Waals surface area contributed by atoms with Gasteiger partial charge in [-0.3, -0.25) is 4.79 Å². The topological polar surface area (TPSA) is 44.9 Å². The molecule has 0 radical (unpaired) electrons. The van der Waals surface area contributed by atoms with E-state index in [0.717, 1.165) is 22.2 Å². The van der Waals surface area contributed by atoms with Crippen LogP contribution in [0.1, 0.15) is 21.7 Å². The molecule has 3 aromatic rings. The van der Waals surface area contributed by atoms with Gasteiger partial charge in [0.1, 0.15) is 4.88 Å². The Hall–Kier alpha value is -1.59. The number of aromatic amines is 1. The van der Waals surface area contributed by atoms with E-state index in [1.165, 1.54) is 27.8 Å². The maximum Gasteiger partial charge on any atom is 0.262 e. The number of halogens is 1. The highest BCUT2D eigenvalue weighted by Gasteiger charge is 2.10. The summed E-state index contributed by atoms with van der Waals surface area (Å²) in [5.41, 5.74) is 2.47. The fourth-order valence-electron chi connectivity index (χ4n) is 2.36. The van der Waals surface area contributed by atoms with E-state index >= 15 is 0 Å². The van der Waals surface area contributed by atoms with Crippen molar-refractivity contribution in [2.45, 2.75) is 12.8 Å². The van der Waals surface area contributed by atoms with Gasteiger partial charge in [0.25, 0.3) is 5.91 Å². The molecule has 0 spiro atoms. The number of H-pyrrole nitrogens is 1. The van der Waals surface area contributed by atoms with Crippen LogP contribution in [0.3, 0.4) is 0 Å². The minimum atomic E-state index is -0.00389. The number of amides is 1. The molecule has 2 aromatic heterocycles. The highest BCUT2D eigenvalue weighted by atomic mass is 79.9. The number of aryl methyl sites for hydroxylation is 1. The number of rotatable bonds is 5. The summed E-state index contributed by atoms with van der Waals surface area (Å²) in [5.74, 6) is -0.00389. The van der Waals surface area contributed by atoms with Crippen LogP contribution in [0, 0.1) is 0 Å². The van der Waals surface area contributed by atoms with Crippen LogP contribution in [0.15, 0.2) is 46.4 Å². The van der Waals surface area contributed by atoms with Gasteiger partial charge in [0.05, 0.1) is 0 Å². The summed E-state index contributed by atoms with van der Waals surface area (Å²) in [6, 6.07) is 10.2. The maximum absolute atomic E-state index is 12.0. The summed E-state index contributed by atoms with van der Waals surface area (Å²) >= 11 is 4.83. The normalized spacial score (nSPS) is 10.9. The van der Waals surface area contributed by atoms with Crippen LogP contribution in [-0.4, -0.2) is 17.4 Å². The maximum atomic E-state index is 12.0. The van der Waals surface area contributed by atoms with Gasteiger partial charge in [-0.05, 0) is 51.8 Å². The zero-order valence-corrected chi connectivity index (χ0v) is 13.8. The van der Waals surface area contributed by atoms with Crippen LogP contribution in [0.5, 0.6) is 0 Å². The van der Waals surface area contributed by atoms with E-state index in [-0.39, 0.29) is 5.91 Å². The molecule has 3 rings (SSSR count). The molecule has 3 nitrogen and oxygen atoms in total. The summed E-state index contributed by atoms with van der Waals surface area (Å²) in [6.45, 7) is 0.683. The molecule has 0 saturated carbocycles. The van der Waals surface area contributed by atoms with Crippen molar-refractivity contribution in [3.05, 3.63) is 56.8 Å². The lowest BCUT2D eigenvalue weighted by molar-refractivity contribution is 0.0956. The van der Waals surface area contributed by atoms with Crippen LogP contribution in [0.25, 0.3) is 10.9 Å². The predicted molar refractivity (Wildman–Crippen MR) is 91.0 cm³/mol. The van der Waals surface area contributed by atoms with E-state index < -0.39 is 0 Å². The van der Waals surface area contributed by atoms with Gasteiger partial charge >= 0.3 is 0 Å². The van der Waals surface area contributed by atoms with E-state index in [4.69, 9.17) is 0 Å². The number of fused-ring (bicyclic) bond motifs is 1. The van der Waals surface area contributed by atoms with Crippen LogP contribution in [0.4, 0.5) is 0 Å². The first-order chi connectivity index (χ1) is 10.3. The van der Waals surface area contributed by atoms with Crippen LogP contribution in [-0.2, 0) is 6.42 Å². The van der Waals surface area contributed by atoms with Crippen molar-refractivity contribution in [1.82, 2.24) is 10.3 Å². The quantitative estimate of drug-likeness (QED) is 0.651. The largest absolute Gasteiger partial charge is 0.361 e. The van der Waals surface area contributed by atoms with Crippen molar-refractivity contribution in [3.63, 3.8) is 0 Å². The van der Waals surface area contributed by atoms with Crippen LogP contribution in [0.2, 0.25) is 0 Å². The van der Waals surface area contributed by atoms with E-state index in [1.54, 1.807) is 0 Å². The summed E-state index contributed by atoms with van der Waals surface area (Å²) in [4.78, 5) is 16.0. The molecule has 0 atom stereocenters. The van der Waals surface area contributed by atoms with Gasteiger partial charge in [-0.15, -0.1) is 11.3 Å². The molecule has 0 aliphatic rings. The Kier molecular flexibility index (Phi) is 4.41. The van der Waals surface area contributed by atoms with Gasteiger partial charge in [0.2, 0.25) is 0 Å². The lowest BCUT2D eigenvalue weighted by Gasteiger charge is -2.04. The highest BCUT2D eigenvalue weighted by Crippen LogP contribution is 2.22. The van der Waals surface area contributed by atoms with Gasteiger partial charge in [-0.2, -0.15) is 0 Å². The highest BCUT2D eigenvalue weighted by molar-refractivity contribution is 9.10. The average molecular weight is 363 g/mol. The molecule has 0 unspecified atom stereocenters. The monoisotopic (exact) mass is 362 g/mol. The number of aromatic nitrogens is 1. The van der Waals surface area contributed by atoms with Gasteiger partial charge in [0, 0.05) is 28.1 Å². The van der Waals surface area contributed by atoms with E-state index in [1.807, 2.05) is 17.5 Å². The molecule has 0 aliphatic heterocycles. The van der Waals surface area contributed by atoms with Crippen LogP contribution >= 0.6 is 27.3 Å². The molecule has 0 saturated heterocycles. The Morgan fingerprint density at radius 2 is 2.14 bits per heavy atom. The smallest absolute Gasteiger partial charge is 0.262 e. The summed E-state index contributed by atoms with van der Waals surface area (Å²) in [7, 11) is 0. The Balaban J connectivity index is 1.53. The second kappa shape index (κ2) is 6.45. The first-order valence-corrected chi connectivity index (χ1v) is 8.49. The molecule has 21 heavy (non-hydrogen) atoms. The number of hydrogen-bond donors (Lipinski definition) is 2. The van der Waals surface area contributed by atoms with Gasteiger partial charge in [-0.1, -0.05) is 18.2 Å².